The van der Waals surface area contributed by atoms with Gasteiger partial charge >= 0.3 is 0 Å². The van der Waals surface area contributed by atoms with Crippen molar-refractivity contribution in [2.24, 2.45) is 0 Å². The lowest BCUT2D eigenvalue weighted by atomic mass is 10.1. The van der Waals surface area contributed by atoms with Crippen LogP contribution < -0.4 is 10.5 Å². The van der Waals surface area contributed by atoms with E-state index in [0.29, 0.717) is 39.6 Å². The molecule has 0 N–H and O–H groups in total. The molecule has 0 spiro atoms. The van der Waals surface area contributed by atoms with Gasteiger partial charge in [0.1, 0.15) is 5.82 Å². The van der Waals surface area contributed by atoms with E-state index in [-0.39, 0.29) is 11.5 Å². The summed E-state index contributed by atoms with van der Waals surface area (Å²) in [6.07, 6.45) is 2.57. The molecule has 1 aliphatic heterocycles. The zero-order valence-corrected chi connectivity index (χ0v) is 18.2. The Bertz CT molecular complexity index is 1440. The van der Waals surface area contributed by atoms with E-state index >= 15 is 0 Å². The number of anilines is 1. The van der Waals surface area contributed by atoms with E-state index in [2.05, 4.69) is 0 Å². The number of hydrogen-bond donors (Lipinski definition) is 0. The molecular weight excluding hydrogens is 422 g/mol. The fourth-order valence-corrected chi connectivity index (χ4v) is 4.23. The van der Waals surface area contributed by atoms with E-state index in [9.17, 15) is 9.59 Å². The standard InChI is InChI=1S/C26H20ClN3O2/c1-2-15-29-23-10-6-4-7-19(23)21(25(29)31)16-24-28-22-9-5-3-8-20(22)26(32)30(24)18-13-11-17(27)12-14-18/h3-14,16H,2,15H2,1H3. The maximum Gasteiger partial charge on any atom is 0.266 e. The van der Waals surface area contributed by atoms with E-state index < -0.39 is 0 Å². The summed E-state index contributed by atoms with van der Waals surface area (Å²) < 4.78 is 1.53. The number of nitrogens with zero attached hydrogens (tertiary/aromatic N) is 3. The van der Waals surface area contributed by atoms with Crippen molar-refractivity contribution in [2.75, 3.05) is 11.4 Å². The van der Waals surface area contributed by atoms with Gasteiger partial charge in [-0.25, -0.2) is 4.98 Å². The van der Waals surface area contributed by atoms with Gasteiger partial charge < -0.3 is 4.90 Å². The van der Waals surface area contributed by atoms with Crippen LogP contribution in [0.15, 0.2) is 77.6 Å². The van der Waals surface area contributed by atoms with Gasteiger partial charge in [0.25, 0.3) is 11.5 Å². The molecular formula is C26H20ClN3O2. The first-order chi connectivity index (χ1) is 15.6. The predicted molar refractivity (Wildman–Crippen MR) is 129 cm³/mol. The summed E-state index contributed by atoms with van der Waals surface area (Å²) in [7, 11) is 0. The number of carbonyl (C=O) groups excluding carboxylic acids is 1. The molecule has 4 aromatic rings. The molecule has 0 saturated heterocycles. The molecule has 1 aliphatic rings. The third-order valence-corrected chi connectivity index (χ3v) is 5.82. The van der Waals surface area contributed by atoms with Crippen molar-refractivity contribution in [3.63, 3.8) is 0 Å². The first-order valence-corrected chi connectivity index (χ1v) is 10.9. The Morgan fingerprint density at radius 2 is 1.66 bits per heavy atom. The summed E-state index contributed by atoms with van der Waals surface area (Å²) in [5.41, 5.74) is 3.27. The average Bonchev–Trinajstić information content (AvgIpc) is 3.07. The molecule has 158 valence electrons. The van der Waals surface area contributed by atoms with Crippen LogP contribution in [0.25, 0.3) is 28.2 Å². The van der Waals surface area contributed by atoms with Crippen molar-refractivity contribution >= 4 is 45.7 Å². The zero-order chi connectivity index (χ0) is 22.2. The van der Waals surface area contributed by atoms with Gasteiger partial charge in [0, 0.05) is 17.1 Å². The average molecular weight is 442 g/mol. The summed E-state index contributed by atoms with van der Waals surface area (Å²) in [5.74, 6) is 0.311. The van der Waals surface area contributed by atoms with Crippen LogP contribution in [0.3, 0.4) is 0 Å². The number of rotatable bonds is 4. The van der Waals surface area contributed by atoms with Crippen LogP contribution in [0.4, 0.5) is 5.69 Å². The summed E-state index contributed by atoms with van der Waals surface area (Å²) in [4.78, 5) is 33.3. The SMILES string of the molecule is CCCN1C(=O)C(=Cc2nc3ccccc3c(=O)n2-c2ccc(Cl)cc2)c2ccccc21. The van der Waals surface area contributed by atoms with Crippen molar-refractivity contribution in [1.29, 1.82) is 0 Å². The van der Waals surface area contributed by atoms with E-state index in [1.54, 1.807) is 47.4 Å². The molecule has 0 bridgehead atoms. The molecule has 5 nitrogen and oxygen atoms in total. The van der Waals surface area contributed by atoms with E-state index in [1.807, 2.05) is 43.3 Å². The minimum Gasteiger partial charge on any atom is -0.308 e. The summed E-state index contributed by atoms with van der Waals surface area (Å²) in [6, 6.07) is 21.9. The number of halogens is 1. The third-order valence-electron chi connectivity index (χ3n) is 5.57. The number of benzene rings is 3. The fraction of sp³-hybridized carbons (Fsp3) is 0.115. The van der Waals surface area contributed by atoms with Crippen LogP contribution in [0.5, 0.6) is 0 Å². The van der Waals surface area contributed by atoms with Crippen LogP contribution in [0.1, 0.15) is 24.7 Å². The van der Waals surface area contributed by atoms with Gasteiger partial charge in [-0.2, -0.15) is 0 Å². The molecule has 3 aromatic carbocycles. The second-order valence-electron chi connectivity index (χ2n) is 7.64. The number of carbonyl (C=O) groups is 1. The van der Waals surface area contributed by atoms with Crippen molar-refractivity contribution in [3.8, 4) is 5.69 Å². The van der Waals surface area contributed by atoms with Gasteiger partial charge in [0.2, 0.25) is 0 Å². The van der Waals surface area contributed by atoms with Crippen LogP contribution in [-0.2, 0) is 4.79 Å². The van der Waals surface area contributed by atoms with Crippen molar-refractivity contribution in [2.45, 2.75) is 13.3 Å². The van der Waals surface area contributed by atoms with Gasteiger partial charge in [0.15, 0.2) is 0 Å². The van der Waals surface area contributed by atoms with Gasteiger partial charge in [-0.15, -0.1) is 0 Å². The van der Waals surface area contributed by atoms with E-state index in [0.717, 1.165) is 17.7 Å². The van der Waals surface area contributed by atoms with Crippen LogP contribution in [-0.4, -0.2) is 22.0 Å². The topological polar surface area (TPSA) is 55.2 Å². The molecule has 1 aromatic heterocycles. The molecule has 0 aliphatic carbocycles. The van der Waals surface area contributed by atoms with Crippen LogP contribution in [0, 0.1) is 0 Å². The van der Waals surface area contributed by atoms with Crippen molar-refractivity contribution < 1.29 is 4.79 Å². The van der Waals surface area contributed by atoms with Crippen LogP contribution in [0.2, 0.25) is 5.02 Å². The van der Waals surface area contributed by atoms with Crippen molar-refractivity contribution in [1.82, 2.24) is 9.55 Å². The number of aromatic nitrogens is 2. The second-order valence-corrected chi connectivity index (χ2v) is 8.07. The largest absolute Gasteiger partial charge is 0.308 e. The Morgan fingerprint density at radius 3 is 2.44 bits per heavy atom. The molecule has 5 rings (SSSR count). The number of hydrogen-bond acceptors (Lipinski definition) is 3. The lowest BCUT2D eigenvalue weighted by Gasteiger charge is -2.15. The van der Waals surface area contributed by atoms with Gasteiger partial charge in [-0.1, -0.05) is 48.9 Å². The summed E-state index contributed by atoms with van der Waals surface area (Å²) >= 11 is 6.07. The van der Waals surface area contributed by atoms with E-state index in [1.165, 1.54) is 4.57 Å². The normalized spacial score (nSPS) is 14.4. The summed E-state index contributed by atoms with van der Waals surface area (Å²) in [5, 5.41) is 1.08. The molecule has 0 atom stereocenters. The third kappa shape index (κ3) is 3.31. The Kier molecular flexibility index (Phi) is 5.11. The minimum absolute atomic E-state index is 0.0851. The molecule has 32 heavy (non-hydrogen) atoms. The van der Waals surface area contributed by atoms with E-state index in [4.69, 9.17) is 16.6 Å². The lowest BCUT2D eigenvalue weighted by Crippen LogP contribution is -2.27. The molecule has 0 unspecified atom stereocenters. The summed E-state index contributed by atoms with van der Waals surface area (Å²) in [6.45, 7) is 2.67. The van der Waals surface area contributed by atoms with Gasteiger partial charge in [-0.3, -0.25) is 14.2 Å². The highest BCUT2D eigenvalue weighted by Crippen LogP contribution is 2.37. The highest BCUT2D eigenvalue weighted by atomic mass is 35.5. The molecule has 2 heterocycles. The monoisotopic (exact) mass is 441 g/mol. The Morgan fingerprint density at radius 1 is 0.938 bits per heavy atom. The first-order valence-electron chi connectivity index (χ1n) is 10.5. The molecule has 0 saturated carbocycles. The van der Waals surface area contributed by atoms with Crippen molar-refractivity contribution in [3.05, 3.63) is 99.6 Å². The zero-order valence-electron chi connectivity index (χ0n) is 17.5. The number of para-hydroxylation sites is 2. The fourth-order valence-electron chi connectivity index (χ4n) is 4.11. The number of amides is 1. The highest BCUT2D eigenvalue weighted by molar-refractivity contribution is 6.35. The molecule has 0 radical (unpaired) electrons. The smallest absolute Gasteiger partial charge is 0.266 e. The van der Waals surface area contributed by atoms with Gasteiger partial charge in [0.05, 0.1) is 27.9 Å². The highest BCUT2D eigenvalue weighted by Gasteiger charge is 2.31. The molecule has 1 amide bonds. The second kappa shape index (κ2) is 8.09. The molecule has 0 fully saturated rings. The Hall–Kier alpha value is -3.70. The van der Waals surface area contributed by atoms with Crippen LogP contribution >= 0.6 is 11.6 Å². The minimum atomic E-state index is -0.200. The Labute approximate surface area is 190 Å². The predicted octanol–water partition coefficient (Wildman–Crippen LogP) is 5.34. The lowest BCUT2D eigenvalue weighted by molar-refractivity contribution is -0.113. The quantitative estimate of drug-likeness (QED) is 0.402. The Balaban J connectivity index is 1.78. The molecule has 6 heteroatoms. The maximum atomic E-state index is 13.5. The first kappa shape index (κ1) is 20.2. The van der Waals surface area contributed by atoms with Gasteiger partial charge in [-0.05, 0) is 55.0 Å². The maximum absolute atomic E-state index is 13.5. The number of fused-ring (bicyclic) bond motifs is 2.